The molecular formula is C26H28N6O. The van der Waals surface area contributed by atoms with Gasteiger partial charge < -0.3 is 15.7 Å². The standard InChI is InChI=1S/C26H28N6O/c1-3-31-20-10-9-17(13-19(20)29-24(31)16-7-5-4-6-8-16)21-22-23(27)28-11-12-32(22)25(30-21)18-14-26(2,33)15-18/h4-13,18-20,33H,3,14-15H2,1-2H3,(H2,27,28)/t18-,19?,20?,26+. The number of benzene rings is 1. The SMILES string of the molecule is CCN1C(c2ccccc2)=NC2C=C(c3nc([C@H]4C[C@@](C)(O)C4)n4ccnc(N)c34)C=CC21. The molecule has 0 bridgehead atoms. The van der Waals surface area contributed by atoms with Crippen molar-refractivity contribution in [3.05, 3.63) is 78.0 Å². The Balaban J connectivity index is 1.42. The molecule has 2 atom stereocenters. The van der Waals surface area contributed by atoms with Crippen molar-refractivity contribution in [2.24, 2.45) is 4.99 Å². The number of nitrogens with zero attached hydrogens (tertiary/aromatic N) is 5. The maximum absolute atomic E-state index is 10.3. The van der Waals surface area contributed by atoms with Crippen molar-refractivity contribution in [1.82, 2.24) is 19.3 Å². The minimum atomic E-state index is -0.623. The van der Waals surface area contributed by atoms with Crippen molar-refractivity contribution in [3.63, 3.8) is 0 Å². The van der Waals surface area contributed by atoms with E-state index in [1.54, 1.807) is 6.20 Å². The Labute approximate surface area is 193 Å². The van der Waals surface area contributed by atoms with E-state index >= 15 is 0 Å². The van der Waals surface area contributed by atoms with Gasteiger partial charge in [-0.05, 0) is 32.8 Å². The molecule has 168 valence electrons. The van der Waals surface area contributed by atoms with Crippen LogP contribution in [-0.2, 0) is 0 Å². The summed E-state index contributed by atoms with van der Waals surface area (Å²) >= 11 is 0. The predicted octanol–water partition coefficient (Wildman–Crippen LogP) is 3.41. The number of likely N-dealkylation sites (N-methyl/N-ethyl adjacent to an activating group) is 1. The first-order valence-corrected chi connectivity index (χ1v) is 11.6. The summed E-state index contributed by atoms with van der Waals surface area (Å²) in [6.45, 7) is 4.94. The van der Waals surface area contributed by atoms with Gasteiger partial charge in [-0.2, -0.15) is 0 Å². The van der Waals surface area contributed by atoms with Crippen LogP contribution in [-0.4, -0.2) is 54.4 Å². The van der Waals surface area contributed by atoms with Gasteiger partial charge >= 0.3 is 0 Å². The van der Waals surface area contributed by atoms with Crippen LogP contribution < -0.4 is 5.73 Å². The maximum Gasteiger partial charge on any atom is 0.150 e. The van der Waals surface area contributed by atoms with Crippen molar-refractivity contribution in [2.75, 3.05) is 12.3 Å². The number of fused-ring (bicyclic) bond motifs is 2. The molecule has 3 heterocycles. The molecule has 7 nitrogen and oxygen atoms in total. The van der Waals surface area contributed by atoms with E-state index in [0.717, 1.165) is 40.6 Å². The zero-order valence-electron chi connectivity index (χ0n) is 18.9. The molecule has 0 amide bonds. The van der Waals surface area contributed by atoms with Crippen LogP contribution in [0.3, 0.4) is 0 Å². The lowest BCUT2D eigenvalue weighted by molar-refractivity contribution is -0.0335. The second kappa shape index (κ2) is 7.28. The van der Waals surface area contributed by atoms with E-state index in [2.05, 4.69) is 59.3 Å². The van der Waals surface area contributed by atoms with Gasteiger partial charge in [0.2, 0.25) is 0 Å². The molecule has 0 saturated heterocycles. The molecule has 3 aromatic rings. The lowest BCUT2D eigenvalue weighted by Gasteiger charge is -2.40. The van der Waals surface area contributed by atoms with Gasteiger partial charge in [-0.1, -0.05) is 42.5 Å². The number of hydrogen-bond acceptors (Lipinski definition) is 6. The summed E-state index contributed by atoms with van der Waals surface area (Å²) in [5, 5.41) is 10.3. The molecule has 0 radical (unpaired) electrons. The van der Waals surface area contributed by atoms with Crippen LogP contribution in [0.2, 0.25) is 0 Å². The van der Waals surface area contributed by atoms with Gasteiger partial charge in [-0.3, -0.25) is 9.39 Å². The molecule has 1 aliphatic heterocycles. The van der Waals surface area contributed by atoms with E-state index in [1.807, 2.05) is 23.6 Å². The van der Waals surface area contributed by atoms with Crippen LogP contribution in [0.4, 0.5) is 5.82 Å². The average Bonchev–Trinajstić information content (AvgIpc) is 3.37. The summed E-state index contributed by atoms with van der Waals surface area (Å²) in [4.78, 5) is 16.8. The molecule has 1 aromatic carbocycles. The Bertz CT molecular complexity index is 1310. The smallest absolute Gasteiger partial charge is 0.150 e. The minimum absolute atomic E-state index is 0.0164. The van der Waals surface area contributed by atoms with Gasteiger partial charge in [0.15, 0.2) is 0 Å². The number of nitrogen functional groups attached to an aromatic ring is 1. The predicted molar refractivity (Wildman–Crippen MR) is 130 cm³/mol. The summed E-state index contributed by atoms with van der Waals surface area (Å²) in [6.07, 6.45) is 11.6. The highest BCUT2D eigenvalue weighted by Crippen LogP contribution is 2.45. The largest absolute Gasteiger partial charge is 0.390 e. The number of aliphatic hydroxyl groups is 1. The number of aliphatic imine (C=N–C) groups is 1. The molecule has 2 unspecified atom stereocenters. The molecule has 3 aliphatic rings. The van der Waals surface area contributed by atoms with E-state index in [-0.39, 0.29) is 18.0 Å². The monoisotopic (exact) mass is 440 g/mol. The molecule has 1 saturated carbocycles. The number of allylic oxidation sites excluding steroid dienone is 2. The molecule has 3 N–H and O–H groups in total. The first kappa shape index (κ1) is 20.2. The summed E-state index contributed by atoms with van der Waals surface area (Å²) in [5.74, 6) is 2.63. The van der Waals surface area contributed by atoms with Gasteiger partial charge in [0.05, 0.1) is 23.4 Å². The summed E-state index contributed by atoms with van der Waals surface area (Å²) < 4.78 is 2.05. The zero-order valence-corrected chi connectivity index (χ0v) is 18.9. The van der Waals surface area contributed by atoms with Crippen LogP contribution in [0.5, 0.6) is 0 Å². The highest BCUT2D eigenvalue weighted by molar-refractivity contribution is 6.01. The topological polar surface area (TPSA) is 92.0 Å². The third kappa shape index (κ3) is 3.18. The average molecular weight is 441 g/mol. The van der Waals surface area contributed by atoms with E-state index < -0.39 is 5.60 Å². The molecule has 6 rings (SSSR count). The molecular weight excluding hydrogens is 412 g/mol. The minimum Gasteiger partial charge on any atom is -0.390 e. The van der Waals surface area contributed by atoms with Gasteiger partial charge in [0, 0.05) is 36.0 Å². The summed E-state index contributed by atoms with van der Waals surface area (Å²) in [5.41, 5.74) is 9.52. The molecule has 33 heavy (non-hydrogen) atoms. The van der Waals surface area contributed by atoms with Crippen molar-refractivity contribution in [2.45, 2.75) is 50.3 Å². The molecule has 0 spiro atoms. The number of anilines is 1. The quantitative estimate of drug-likeness (QED) is 0.649. The van der Waals surface area contributed by atoms with Crippen LogP contribution in [0, 0.1) is 0 Å². The lowest BCUT2D eigenvalue weighted by Crippen LogP contribution is -2.40. The molecule has 7 heteroatoms. The van der Waals surface area contributed by atoms with Gasteiger partial charge in [-0.25, -0.2) is 9.97 Å². The first-order valence-electron chi connectivity index (χ1n) is 11.6. The maximum atomic E-state index is 10.3. The van der Waals surface area contributed by atoms with Crippen LogP contribution in [0.1, 0.15) is 49.7 Å². The van der Waals surface area contributed by atoms with Gasteiger partial charge in [0.25, 0.3) is 0 Å². The number of amidine groups is 1. The number of rotatable bonds is 4. The summed E-state index contributed by atoms with van der Waals surface area (Å²) in [6, 6.07) is 10.6. The second-order valence-corrected chi connectivity index (χ2v) is 9.52. The third-order valence-electron chi connectivity index (χ3n) is 7.07. The third-order valence-corrected chi connectivity index (χ3v) is 7.07. The van der Waals surface area contributed by atoms with Crippen molar-refractivity contribution >= 4 is 22.7 Å². The van der Waals surface area contributed by atoms with E-state index in [4.69, 9.17) is 15.7 Å². The van der Waals surface area contributed by atoms with Crippen molar-refractivity contribution < 1.29 is 5.11 Å². The number of imidazole rings is 1. The first-order chi connectivity index (χ1) is 15.9. The van der Waals surface area contributed by atoms with Gasteiger partial charge in [0.1, 0.15) is 23.0 Å². The van der Waals surface area contributed by atoms with Crippen molar-refractivity contribution in [1.29, 1.82) is 0 Å². The van der Waals surface area contributed by atoms with E-state index in [9.17, 15) is 5.11 Å². The van der Waals surface area contributed by atoms with E-state index in [0.29, 0.717) is 18.7 Å². The highest BCUT2D eigenvalue weighted by atomic mass is 16.3. The fourth-order valence-electron chi connectivity index (χ4n) is 5.52. The Morgan fingerprint density at radius 3 is 2.73 bits per heavy atom. The second-order valence-electron chi connectivity index (χ2n) is 9.52. The Kier molecular flexibility index (Phi) is 4.45. The zero-order chi connectivity index (χ0) is 22.7. The van der Waals surface area contributed by atoms with Crippen molar-refractivity contribution in [3.8, 4) is 0 Å². The Hall–Kier alpha value is -3.45. The molecule has 1 fully saturated rings. The fraction of sp³-hybridized carbons (Fsp3) is 0.346. The van der Waals surface area contributed by atoms with Crippen LogP contribution in [0.25, 0.3) is 11.1 Å². The number of nitrogens with two attached hydrogens (primary N) is 1. The fourth-order valence-corrected chi connectivity index (χ4v) is 5.52. The van der Waals surface area contributed by atoms with Crippen LogP contribution >= 0.6 is 0 Å². The van der Waals surface area contributed by atoms with E-state index in [1.165, 1.54) is 0 Å². The Morgan fingerprint density at radius 2 is 2.00 bits per heavy atom. The number of hydrogen-bond donors (Lipinski definition) is 2. The lowest BCUT2D eigenvalue weighted by atomic mass is 9.72. The molecule has 2 aliphatic carbocycles. The number of aromatic nitrogens is 3. The van der Waals surface area contributed by atoms with Gasteiger partial charge in [-0.15, -0.1) is 0 Å². The Morgan fingerprint density at radius 1 is 1.21 bits per heavy atom. The highest BCUT2D eigenvalue weighted by Gasteiger charge is 2.42. The van der Waals surface area contributed by atoms with Crippen LogP contribution in [0.15, 0.2) is 65.9 Å². The summed E-state index contributed by atoms with van der Waals surface area (Å²) in [7, 11) is 0. The normalized spacial score (nSPS) is 28.5. The molecule has 2 aromatic heterocycles.